The molecule has 116 valence electrons. The Bertz CT molecular complexity index is 631. The summed E-state index contributed by atoms with van der Waals surface area (Å²) in [5.74, 6) is -1.24. The maximum atomic E-state index is 13.7. The first-order chi connectivity index (χ1) is 9.96. The van der Waals surface area contributed by atoms with Crippen molar-refractivity contribution in [3.63, 3.8) is 0 Å². The van der Waals surface area contributed by atoms with E-state index in [1.807, 2.05) is 0 Å². The first kappa shape index (κ1) is 14.9. The highest BCUT2D eigenvalue weighted by atomic mass is 32.2. The second-order valence-electron chi connectivity index (χ2n) is 5.63. The summed E-state index contributed by atoms with van der Waals surface area (Å²) in [7, 11) is -3.93. The van der Waals surface area contributed by atoms with Crippen LogP contribution in [0.15, 0.2) is 23.1 Å². The van der Waals surface area contributed by atoms with E-state index in [4.69, 9.17) is 4.74 Å². The van der Waals surface area contributed by atoms with Gasteiger partial charge in [0.05, 0.1) is 6.10 Å². The number of hydrogen-bond acceptors (Lipinski definition) is 3. The topological polar surface area (TPSA) is 46.6 Å². The molecule has 0 bridgehead atoms. The number of ether oxygens (including phenoxy) is 1. The summed E-state index contributed by atoms with van der Waals surface area (Å²) in [6.07, 6.45) is 2.82. The smallest absolute Gasteiger partial charge is 0.246 e. The summed E-state index contributed by atoms with van der Waals surface area (Å²) < 4.78 is 58.2. The molecule has 1 atom stereocenters. The third-order valence-electron chi connectivity index (χ3n) is 3.88. The monoisotopic (exact) mass is 317 g/mol. The quantitative estimate of drug-likeness (QED) is 0.836. The molecule has 1 aromatic rings. The van der Waals surface area contributed by atoms with E-state index in [1.54, 1.807) is 0 Å². The molecule has 4 nitrogen and oxygen atoms in total. The van der Waals surface area contributed by atoms with Crippen LogP contribution < -0.4 is 0 Å². The molecule has 2 aliphatic rings. The molecule has 0 radical (unpaired) electrons. The van der Waals surface area contributed by atoms with E-state index in [0.717, 1.165) is 12.1 Å². The molecule has 1 aliphatic heterocycles. The lowest BCUT2D eigenvalue weighted by Gasteiger charge is -2.17. The van der Waals surface area contributed by atoms with E-state index < -0.39 is 26.6 Å². The summed E-state index contributed by atoms with van der Waals surface area (Å²) in [6, 6.07) is 2.51. The third-order valence-corrected chi connectivity index (χ3v) is 5.78. The molecule has 0 N–H and O–H groups in total. The summed E-state index contributed by atoms with van der Waals surface area (Å²) >= 11 is 0. The van der Waals surface area contributed by atoms with Crippen molar-refractivity contribution in [2.45, 2.75) is 30.3 Å². The van der Waals surface area contributed by atoms with Crippen molar-refractivity contribution in [3.05, 3.63) is 29.8 Å². The minimum atomic E-state index is -3.93. The Labute approximate surface area is 122 Å². The minimum absolute atomic E-state index is 0.135. The van der Waals surface area contributed by atoms with Gasteiger partial charge in [-0.3, -0.25) is 0 Å². The molecule has 1 heterocycles. The first-order valence-corrected chi connectivity index (χ1v) is 8.47. The summed E-state index contributed by atoms with van der Waals surface area (Å²) in [5, 5.41) is 0. The second-order valence-corrected chi connectivity index (χ2v) is 7.53. The van der Waals surface area contributed by atoms with Gasteiger partial charge in [-0.05, 0) is 37.3 Å². The lowest BCUT2D eigenvalue weighted by Crippen LogP contribution is -2.31. The summed E-state index contributed by atoms with van der Waals surface area (Å²) in [6.45, 7) is 1.20. The molecule has 2 fully saturated rings. The predicted octanol–water partition coefficient (Wildman–Crippen LogP) is 2.15. The molecule has 3 rings (SSSR count). The molecule has 0 spiro atoms. The maximum Gasteiger partial charge on any atom is 0.246 e. The van der Waals surface area contributed by atoms with Crippen molar-refractivity contribution >= 4 is 10.0 Å². The molecular formula is C14H17F2NO3S. The predicted molar refractivity (Wildman–Crippen MR) is 72.2 cm³/mol. The SMILES string of the molecule is O=S(=O)(c1ccc(F)cc1F)N1CCC(OCC2CC2)C1. The van der Waals surface area contributed by atoms with Gasteiger partial charge in [0.25, 0.3) is 0 Å². The molecule has 1 aromatic carbocycles. The van der Waals surface area contributed by atoms with Crippen LogP contribution in [0.5, 0.6) is 0 Å². The Morgan fingerprint density at radius 1 is 1.24 bits per heavy atom. The fraction of sp³-hybridized carbons (Fsp3) is 0.571. The van der Waals surface area contributed by atoms with Crippen LogP contribution in [0.25, 0.3) is 0 Å². The fourth-order valence-electron chi connectivity index (χ4n) is 2.43. The van der Waals surface area contributed by atoms with Gasteiger partial charge in [-0.25, -0.2) is 17.2 Å². The third kappa shape index (κ3) is 3.25. The van der Waals surface area contributed by atoms with Gasteiger partial charge in [-0.2, -0.15) is 4.31 Å². The lowest BCUT2D eigenvalue weighted by molar-refractivity contribution is 0.0561. The largest absolute Gasteiger partial charge is 0.377 e. The zero-order chi connectivity index (χ0) is 15.0. The molecule has 21 heavy (non-hydrogen) atoms. The highest BCUT2D eigenvalue weighted by molar-refractivity contribution is 7.89. The molecular weight excluding hydrogens is 300 g/mol. The minimum Gasteiger partial charge on any atom is -0.377 e. The number of nitrogens with zero attached hydrogens (tertiary/aromatic N) is 1. The van der Waals surface area contributed by atoms with Crippen LogP contribution in [0.3, 0.4) is 0 Å². The standard InChI is InChI=1S/C14H17F2NO3S/c15-11-3-4-14(13(16)7-11)21(18,19)17-6-5-12(8-17)20-9-10-1-2-10/h3-4,7,10,12H,1-2,5-6,8-9H2. The van der Waals surface area contributed by atoms with E-state index in [-0.39, 0.29) is 12.6 Å². The highest BCUT2D eigenvalue weighted by Crippen LogP contribution is 2.31. The van der Waals surface area contributed by atoms with Gasteiger partial charge in [-0.1, -0.05) is 0 Å². The lowest BCUT2D eigenvalue weighted by atomic mass is 10.3. The summed E-state index contributed by atoms with van der Waals surface area (Å²) in [5.41, 5.74) is 0. The Hall–Kier alpha value is -1.05. The molecule has 1 saturated carbocycles. The summed E-state index contributed by atoms with van der Waals surface area (Å²) in [4.78, 5) is -0.480. The van der Waals surface area contributed by atoms with Crippen LogP contribution in [0.4, 0.5) is 8.78 Å². The number of benzene rings is 1. The zero-order valence-corrected chi connectivity index (χ0v) is 12.3. The van der Waals surface area contributed by atoms with E-state index in [2.05, 4.69) is 0 Å². The highest BCUT2D eigenvalue weighted by Gasteiger charge is 2.35. The maximum absolute atomic E-state index is 13.7. The second kappa shape index (κ2) is 5.62. The van der Waals surface area contributed by atoms with E-state index in [0.29, 0.717) is 31.6 Å². The van der Waals surface area contributed by atoms with Gasteiger partial charge in [-0.15, -0.1) is 0 Å². The Morgan fingerprint density at radius 2 is 2.00 bits per heavy atom. The van der Waals surface area contributed by atoms with Gasteiger partial charge in [0, 0.05) is 25.8 Å². The number of hydrogen-bond donors (Lipinski definition) is 0. The molecule has 0 aromatic heterocycles. The van der Waals surface area contributed by atoms with Crippen LogP contribution >= 0.6 is 0 Å². The first-order valence-electron chi connectivity index (χ1n) is 7.03. The van der Waals surface area contributed by atoms with Crippen molar-refractivity contribution in [2.24, 2.45) is 5.92 Å². The van der Waals surface area contributed by atoms with Crippen molar-refractivity contribution in [2.75, 3.05) is 19.7 Å². The molecule has 1 saturated heterocycles. The number of halogens is 2. The Kier molecular flexibility index (Phi) is 3.98. The normalized spacial score (nSPS) is 23.6. The van der Waals surface area contributed by atoms with Gasteiger partial charge in [0.1, 0.15) is 16.5 Å². The molecule has 1 unspecified atom stereocenters. The number of rotatable bonds is 5. The van der Waals surface area contributed by atoms with Crippen molar-refractivity contribution < 1.29 is 21.9 Å². The zero-order valence-electron chi connectivity index (χ0n) is 11.5. The van der Waals surface area contributed by atoms with Crippen molar-refractivity contribution in [1.82, 2.24) is 4.31 Å². The van der Waals surface area contributed by atoms with Gasteiger partial charge < -0.3 is 4.74 Å². The number of sulfonamides is 1. The van der Waals surface area contributed by atoms with E-state index in [9.17, 15) is 17.2 Å². The average molecular weight is 317 g/mol. The van der Waals surface area contributed by atoms with Crippen LogP contribution in [0, 0.1) is 17.6 Å². The van der Waals surface area contributed by atoms with Crippen LogP contribution in [-0.4, -0.2) is 38.5 Å². The van der Waals surface area contributed by atoms with Crippen LogP contribution in [0.1, 0.15) is 19.3 Å². The molecule has 1 aliphatic carbocycles. The fourth-order valence-corrected chi connectivity index (χ4v) is 3.96. The molecule has 7 heteroatoms. The van der Waals surface area contributed by atoms with Gasteiger partial charge >= 0.3 is 0 Å². The van der Waals surface area contributed by atoms with Crippen LogP contribution in [0.2, 0.25) is 0 Å². The average Bonchev–Trinajstić information content (AvgIpc) is 3.12. The van der Waals surface area contributed by atoms with E-state index in [1.165, 1.54) is 17.1 Å². The van der Waals surface area contributed by atoms with E-state index >= 15 is 0 Å². The van der Waals surface area contributed by atoms with Gasteiger partial charge in [0.15, 0.2) is 0 Å². The van der Waals surface area contributed by atoms with Crippen molar-refractivity contribution in [3.8, 4) is 0 Å². The van der Waals surface area contributed by atoms with Gasteiger partial charge in [0.2, 0.25) is 10.0 Å². The van der Waals surface area contributed by atoms with Crippen LogP contribution in [-0.2, 0) is 14.8 Å². The Balaban J connectivity index is 1.70. The van der Waals surface area contributed by atoms with Crippen molar-refractivity contribution in [1.29, 1.82) is 0 Å². The Morgan fingerprint density at radius 3 is 2.67 bits per heavy atom. The molecule has 0 amide bonds.